The Kier molecular flexibility index (Phi) is 7.80. The van der Waals surface area contributed by atoms with E-state index in [1.54, 1.807) is 19.1 Å². The second-order valence-electron chi connectivity index (χ2n) is 12.3. The summed E-state index contributed by atoms with van der Waals surface area (Å²) in [6.07, 6.45) is 4.29. The lowest BCUT2D eigenvalue weighted by molar-refractivity contribution is -0.602. The molecule has 6 N–H and O–H groups in total. The number of carbonyl (C=O) groups excluding carboxylic acids is 2. The minimum atomic E-state index is -4.65. The maximum absolute atomic E-state index is 14.1. The van der Waals surface area contributed by atoms with Crippen molar-refractivity contribution >= 4 is 17.5 Å². The summed E-state index contributed by atoms with van der Waals surface area (Å²) in [5, 5.41) is 13.4. The number of benzene rings is 1. The summed E-state index contributed by atoms with van der Waals surface area (Å²) in [7, 11) is 1.45. The Morgan fingerprint density at radius 3 is 2.62 bits per heavy atom. The Morgan fingerprint density at radius 1 is 1.24 bits per heavy atom. The van der Waals surface area contributed by atoms with Crippen LogP contribution < -0.4 is 21.1 Å². The van der Waals surface area contributed by atoms with Crippen LogP contribution in [-0.4, -0.2) is 48.8 Å². The number of amides is 2. The van der Waals surface area contributed by atoms with E-state index in [1.165, 1.54) is 31.4 Å². The van der Waals surface area contributed by atoms with Crippen molar-refractivity contribution < 1.29 is 37.6 Å². The van der Waals surface area contributed by atoms with Gasteiger partial charge in [-0.3, -0.25) is 15.0 Å². The molecule has 2 amide bonds. The van der Waals surface area contributed by atoms with Crippen LogP contribution in [0.25, 0.3) is 11.3 Å². The highest BCUT2D eigenvalue weighted by molar-refractivity contribution is 6.15. The minimum absolute atomic E-state index is 0.0137. The maximum atomic E-state index is 14.1. The normalized spacial score (nSPS) is 22.7. The van der Waals surface area contributed by atoms with Crippen LogP contribution in [0.2, 0.25) is 0 Å². The number of nitrogens with zero attached hydrogens (tertiary/aromatic N) is 1. The SMILES string of the molecule is COC1=CC(C(=O)NC[C@H](c2cc3c(c(-c4ccccc4C(F)(F)F)n2)OC[C@]3(C)C(N)=O)C2CC2)=C/C(=C/[NH2+]C2CC2)C1=N. The molecule has 45 heavy (non-hydrogen) atoms. The van der Waals surface area contributed by atoms with E-state index in [9.17, 15) is 22.8 Å². The maximum Gasteiger partial charge on any atom is 0.417 e. The van der Waals surface area contributed by atoms with Gasteiger partial charge >= 0.3 is 6.18 Å². The molecule has 1 aromatic carbocycles. The molecule has 2 aromatic rings. The number of quaternary nitrogens is 1. The van der Waals surface area contributed by atoms with Gasteiger partial charge in [0.25, 0.3) is 5.91 Å². The van der Waals surface area contributed by atoms with Crippen LogP contribution in [0.5, 0.6) is 5.75 Å². The highest BCUT2D eigenvalue weighted by Crippen LogP contribution is 2.50. The Hall–Kier alpha value is -4.45. The van der Waals surface area contributed by atoms with E-state index in [2.05, 4.69) is 5.32 Å². The second kappa shape index (κ2) is 11.5. The molecule has 0 saturated heterocycles. The number of alkyl halides is 3. The lowest BCUT2D eigenvalue weighted by atomic mass is 9.82. The lowest BCUT2D eigenvalue weighted by Crippen LogP contribution is -2.80. The molecule has 1 aliphatic heterocycles. The summed E-state index contributed by atoms with van der Waals surface area (Å²) in [5.74, 6) is -0.885. The predicted octanol–water partition coefficient (Wildman–Crippen LogP) is 3.61. The molecule has 1 aromatic heterocycles. The third-order valence-electron chi connectivity index (χ3n) is 8.96. The largest absolute Gasteiger partial charge is 0.494 e. The van der Waals surface area contributed by atoms with Gasteiger partial charge < -0.3 is 25.8 Å². The number of primary amides is 1. The lowest BCUT2D eigenvalue weighted by Gasteiger charge is -2.23. The van der Waals surface area contributed by atoms with Gasteiger partial charge in [-0.2, -0.15) is 13.2 Å². The standard InChI is InChI=1S/C33H34F3N5O4/c1-32(31(38)43)16-45-29-24(32)13-25(41-28(29)21-5-3-4-6-23(21)33(34,35)36)22(17-7-8-17)15-40-30(42)18-11-19(14-39-20-9-10-20)27(37)26(12-18)44-2/h3-6,11-14,17,20,22,37,39H,7-10,15-16H2,1-2H3,(H2,38,43)(H,40,42)/p+1/b19-14-,37-27?/t22-,32-/m0/s1. The van der Waals surface area contributed by atoms with E-state index in [0.29, 0.717) is 28.4 Å². The summed E-state index contributed by atoms with van der Waals surface area (Å²) >= 11 is 0. The molecular weight excluding hydrogens is 587 g/mol. The molecule has 0 spiro atoms. The molecule has 12 heteroatoms. The zero-order valence-electron chi connectivity index (χ0n) is 25.0. The fourth-order valence-electron chi connectivity index (χ4n) is 5.82. The number of fused-ring (bicyclic) bond motifs is 1. The van der Waals surface area contributed by atoms with Crippen molar-refractivity contribution in [1.82, 2.24) is 10.3 Å². The number of halogens is 3. The third kappa shape index (κ3) is 5.98. The van der Waals surface area contributed by atoms with Crippen molar-refractivity contribution in [1.29, 1.82) is 5.41 Å². The molecule has 2 fully saturated rings. The van der Waals surface area contributed by atoms with Crippen LogP contribution in [-0.2, 0) is 25.9 Å². The predicted molar refractivity (Wildman–Crippen MR) is 159 cm³/mol. The highest BCUT2D eigenvalue weighted by atomic mass is 19.4. The fourth-order valence-corrected chi connectivity index (χ4v) is 5.82. The summed E-state index contributed by atoms with van der Waals surface area (Å²) in [4.78, 5) is 30.8. The average molecular weight is 623 g/mol. The second-order valence-corrected chi connectivity index (χ2v) is 12.3. The van der Waals surface area contributed by atoms with Crippen LogP contribution in [0.3, 0.4) is 0 Å². The zero-order chi connectivity index (χ0) is 32.1. The first kappa shape index (κ1) is 30.6. The van der Waals surface area contributed by atoms with Crippen molar-refractivity contribution in [3.63, 3.8) is 0 Å². The van der Waals surface area contributed by atoms with Gasteiger partial charge in [-0.05, 0) is 50.0 Å². The van der Waals surface area contributed by atoms with Crippen LogP contribution in [0, 0.1) is 11.3 Å². The Labute approximate surface area is 258 Å². The van der Waals surface area contributed by atoms with E-state index >= 15 is 0 Å². The Morgan fingerprint density at radius 2 is 1.98 bits per heavy atom. The molecule has 3 aliphatic carbocycles. The number of carbonyl (C=O) groups is 2. The minimum Gasteiger partial charge on any atom is -0.494 e. The number of nitrogens with one attached hydrogen (secondary N) is 2. The highest BCUT2D eigenvalue weighted by Gasteiger charge is 2.46. The van der Waals surface area contributed by atoms with Crippen molar-refractivity contribution in [2.24, 2.45) is 11.7 Å². The molecule has 0 bridgehead atoms. The molecule has 9 nitrogen and oxygen atoms in total. The zero-order valence-corrected chi connectivity index (χ0v) is 25.0. The number of aromatic nitrogens is 1. The summed E-state index contributed by atoms with van der Waals surface area (Å²) < 4.78 is 53.6. The first-order valence-corrected chi connectivity index (χ1v) is 15.0. The van der Waals surface area contributed by atoms with Crippen molar-refractivity contribution in [3.8, 4) is 17.0 Å². The van der Waals surface area contributed by atoms with E-state index in [4.69, 9.17) is 25.6 Å². The first-order valence-electron chi connectivity index (χ1n) is 15.0. The topological polar surface area (TPSA) is 144 Å². The number of nitrogens with two attached hydrogens (primary N) is 2. The van der Waals surface area contributed by atoms with Crippen molar-refractivity contribution in [2.45, 2.75) is 56.2 Å². The summed E-state index contributed by atoms with van der Waals surface area (Å²) in [6, 6.07) is 7.31. The monoisotopic (exact) mass is 622 g/mol. The number of hydrogen-bond donors (Lipinski definition) is 4. The molecule has 2 atom stereocenters. The molecular formula is C33H35F3N5O4+. The molecule has 6 rings (SSSR count). The van der Waals surface area contributed by atoms with Gasteiger partial charge in [-0.1, -0.05) is 18.2 Å². The Bertz CT molecular complexity index is 1670. The van der Waals surface area contributed by atoms with Gasteiger partial charge in [0, 0.05) is 47.7 Å². The number of methoxy groups -OCH3 is 1. The average Bonchev–Trinajstić information content (AvgIpc) is 3.95. The molecule has 2 saturated carbocycles. The van der Waals surface area contributed by atoms with Gasteiger partial charge in [0.05, 0.1) is 24.3 Å². The van der Waals surface area contributed by atoms with Crippen LogP contribution in [0.1, 0.15) is 55.3 Å². The van der Waals surface area contributed by atoms with E-state index in [-0.39, 0.29) is 59.4 Å². The van der Waals surface area contributed by atoms with E-state index in [1.807, 2.05) is 11.5 Å². The van der Waals surface area contributed by atoms with Gasteiger partial charge in [0.15, 0.2) is 0 Å². The van der Waals surface area contributed by atoms with Gasteiger partial charge in [0.2, 0.25) is 5.91 Å². The van der Waals surface area contributed by atoms with Crippen LogP contribution >= 0.6 is 0 Å². The summed E-state index contributed by atoms with van der Waals surface area (Å²) in [6.45, 7) is 1.64. The molecule has 2 heterocycles. The van der Waals surface area contributed by atoms with Gasteiger partial charge in [0.1, 0.15) is 41.1 Å². The van der Waals surface area contributed by atoms with Gasteiger partial charge in [-0.15, -0.1) is 0 Å². The summed E-state index contributed by atoms with van der Waals surface area (Å²) in [5.41, 5.74) is 5.38. The van der Waals surface area contributed by atoms with E-state index in [0.717, 1.165) is 31.7 Å². The Balaban J connectivity index is 1.35. The molecule has 236 valence electrons. The van der Waals surface area contributed by atoms with Crippen molar-refractivity contribution in [2.75, 3.05) is 20.3 Å². The van der Waals surface area contributed by atoms with Crippen molar-refractivity contribution in [3.05, 3.63) is 82.4 Å². The van der Waals surface area contributed by atoms with Gasteiger partial charge in [-0.25, -0.2) is 4.98 Å². The number of allylic oxidation sites excluding steroid dienone is 2. The quantitative estimate of drug-likeness (QED) is 0.320. The molecule has 4 aliphatic rings. The number of ether oxygens (including phenoxy) is 2. The van der Waals surface area contributed by atoms with E-state index < -0.39 is 23.1 Å². The number of hydrogen-bond acceptors (Lipinski definition) is 6. The first-order chi connectivity index (χ1) is 21.4. The molecule has 0 unspecified atom stereocenters. The third-order valence-corrected chi connectivity index (χ3v) is 8.96. The smallest absolute Gasteiger partial charge is 0.417 e. The molecule has 0 radical (unpaired) electrons. The van der Waals surface area contributed by atoms with Crippen LogP contribution in [0.15, 0.2) is 65.6 Å². The van der Waals surface area contributed by atoms with Crippen LogP contribution in [0.4, 0.5) is 13.2 Å². The fraction of sp³-hybridized carbons (Fsp3) is 0.394. The number of pyridine rings is 1. The number of rotatable bonds is 10.